The van der Waals surface area contributed by atoms with Crippen LogP contribution in [0, 0.1) is 0 Å². The predicted octanol–water partition coefficient (Wildman–Crippen LogP) is 1.23. The number of rotatable bonds is 5. The van der Waals surface area contributed by atoms with Crippen molar-refractivity contribution in [3.63, 3.8) is 0 Å². The Morgan fingerprint density at radius 3 is 3.00 bits per heavy atom. The maximum atomic E-state index is 14.0. The van der Waals surface area contributed by atoms with Crippen LogP contribution >= 0.6 is 11.6 Å². The summed E-state index contributed by atoms with van der Waals surface area (Å²) in [4.78, 5) is 19.1. The molecule has 1 fully saturated rings. The first-order valence-corrected chi connectivity index (χ1v) is 7.99. The smallest absolute Gasteiger partial charge is 0.307 e. The minimum Gasteiger partial charge on any atom is -0.466 e. The van der Waals surface area contributed by atoms with Crippen LogP contribution in [0.2, 0.25) is 0 Å². The van der Waals surface area contributed by atoms with E-state index in [9.17, 15) is 13.6 Å². The number of nitrogens with one attached hydrogen (secondary N) is 1. The number of carbonyl (C=O) groups is 1. The van der Waals surface area contributed by atoms with E-state index in [-0.39, 0.29) is 30.1 Å². The largest absolute Gasteiger partial charge is 0.466 e. The molecule has 0 aromatic carbocycles. The number of halogens is 3. The van der Waals surface area contributed by atoms with Gasteiger partial charge in [-0.2, -0.15) is 4.39 Å². The van der Waals surface area contributed by atoms with E-state index in [4.69, 9.17) is 16.3 Å². The zero-order valence-corrected chi connectivity index (χ0v) is 13.8. The minimum atomic E-state index is -0.615. The highest BCUT2D eigenvalue weighted by Gasteiger charge is 2.31. The lowest BCUT2D eigenvalue weighted by atomic mass is 10.1. The third-order valence-corrected chi connectivity index (χ3v) is 4.14. The maximum Gasteiger partial charge on any atom is 0.307 e. The van der Waals surface area contributed by atoms with Gasteiger partial charge in [-0.15, -0.1) is 0 Å². The Labute approximate surface area is 139 Å². The lowest BCUT2D eigenvalue weighted by Gasteiger charge is -2.41. The number of amidine groups is 1. The molecule has 2 aliphatic rings. The van der Waals surface area contributed by atoms with Crippen molar-refractivity contribution in [1.29, 1.82) is 0 Å². The first-order chi connectivity index (χ1) is 11.1. The average Bonchev–Trinajstić information content (AvgIpc) is 2.55. The van der Waals surface area contributed by atoms with Crippen LogP contribution in [-0.4, -0.2) is 73.8 Å². The topological polar surface area (TPSA) is 57.2 Å². The summed E-state index contributed by atoms with van der Waals surface area (Å²) in [7, 11) is 0. The van der Waals surface area contributed by atoms with Crippen LogP contribution in [0.5, 0.6) is 0 Å². The third-order valence-electron chi connectivity index (χ3n) is 3.84. The zero-order valence-electron chi connectivity index (χ0n) is 13.0. The van der Waals surface area contributed by atoms with Gasteiger partial charge in [0.05, 0.1) is 19.1 Å². The lowest BCUT2D eigenvalue weighted by molar-refractivity contribution is -0.143. The van der Waals surface area contributed by atoms with Crippen molar-refractivity contribution in [2.24, 2.45) is 4.99 Å². The third kappa shape index (κ3) is 4.54. The summed E-state index contributed by atoms with van der Waals surface area (Å²) < 4.78 is 32.3. The molecular formula is C14H21ClF2N4O2. The monoisotopic (exact) mass is 350 g/mol. The molecule has 1 N–H and O–H groups in total. The van der Waals surface area contributed by atoms with Crippen molar-refractivity contribution < 1.29 is 18.3 Å². The fourth-order valence-electron chi connectivity index (χ4n) is 2.66. The Morgan fingerprint density at radius 2 is 2.30 bits per heavy atom. The molecule has 6 nitrogen and oxygen atoms in total. The predicted molar refractivity (Wildman–Crippen MR) is 83.6 cm³/mol. The fraction of sp³-hybridized carbons (Fsp3) is 0.714. The van der Waals surface area contributed by atoms with Gasteiger partial charge in [0.15, 0.2) is 11.7 Å². The molecule has 2 heterocycles. The van der Waals surface area contributed by atoms with Crippen LogP contribution < -0.4 is 5.32 Å². The molecule has 0 bridgehead atoms. The highest BCUT2D eigenvalue weighted by molar-refractivity contribution is 6.31. The summed E-state index contributed by atoms with van der Waals surface area (Å²) in [6.07, 6.45) is 0.218. The van der Waals surface area contributed by atoms with Crippen molar-refractivity contribution in [3.05, 3.63) is 11.0 Å². The Kier molecular flexibility index (Phi) is 6.59. The van der Waals surface area contributed by atoms with Crippen molar-refractivity contribution >= 4 is 23.4 Å². The molecule has 1 atom stereocenters. The summed E-state index contributed by atoms with van der Waals surface area (Å²) in [6, 6.07) is -0.415. The molecule has 1 saturated heterocycles. The first kappa shape index (κ1) is 17.9. The van der Waals surface area contributed by atoms with Crippen molar-refractivity contribution in [1.82, 2.24) is 15.1 Å². The van der Waals surface area contributed by atoms with Crippen LogP contribution in [0.25, 0.3) is 0 Å². The number of piperazine rings is 1. The number of aliphatic imine (C=N–C) groups is 1. The van der Waals surface area contributed by atoms with Crippen molar-refractivity contribution in [3.8, 4) is 0 Å². The molecule has 1 unspecified atom stereocenters. The van der Waals surface area contributed by atoms with E-state index in [2.05, 4.69) is 10.3 Å². The van der Waals surface area contributed by atoms with Gasteiger partial charge in [-0.05, 0) is 6.92 Å². The quantitative estimate of drug-likeness (QED) is 0.597. The summed E-state index contributed by atoms with van der Waals surface area (Å²) in [5.74, 6) is -0.747. The van der Waals surface area contributed by atoms with Crippen molar-refractivity contribution in [2.75, 3.05) is 46.1 Å². The number of alkyl halides is 1. The fourth-order valence-corrected chi connectivity index (χ4v) is 2.81. The normalized spacial score (nSPS) is 22.7. The van der Waals surface area contributed by atoms with Gasteiger partial charge in [0, 0.05) is 26.2 Å². The second-order valence-corrected chi connectivity index (χ2v) is 5.67. The zero-order chi connectivity index (χ0) is 16.8. The molecule has 0 radical (unpaired) electrons. The molecular weight excluding hydrogens is 330 g/mol. The van der Waals surface area contributed by atoms with Crippen LogP contribution in [-0.2, 0) is 9.53 Å². The number of hydrogen-bond donors (Lipinski definition) is 1. The summed E-state index contributed by atoms with van der Waals surface area (Å²) in [6.45, 7) is 3.44. The van der Waals surface area contributed by atoms with Gasteiger partial charge >= 0.3 is 5.97 Å². The van der Waals surface area contributed by atoms with E-state index in [0.717, 1.165) is 0 Å². The number of esters is 1. The molecule has 0 aliphatic carbocycles. The SMILES string of the molecule is CCOC(=O)CCN1CCN(C2=NCNC(Cl)=C2F)CC1CF. The lowest BCUT2D eigenvalue weighted by Crippen LogP contribution is -2.56. The van der Waals surface area contributed by atoms with E-state index < -0.39 is 18.5 Å². The van der Waals surface area contributed by atoms with Gasteiger partial charge in [-0.3, -0.25) is 9.69 Å². The van der Waals surface area contributed by atoms with Gasteiger partial charge in [-0.25, -0.2) is 9.38 Å². The minimum absolute atomic E-state index is 0.0726. The molecule has 23 heavy (non-hydrogen) atoms. The van der Waals surface area contributed by atoms with E-state index in [1.165, 1.54) is 0 Å². The van der Waals surface area contributed by atoms with Crippen LogP contribution in [0.15, 0.2) is 16.0 Å². The Morgan fingerprint density at radius 1 is 1.52 bits per heavy atom. The highest BCUT2D eigenvalue weighted by atomic mass is 35.5. The summed E-state index contributed by atoms with van der Waals surface area (Å²) in [5, 5.41) is 2.53. The van der Waals surface area contributed by atoms with Gasteiger partial charge in [0.1, 0.15) is 18.5 Å². The first-order valence-electron chi connectivity index (χ1n) is 7.61. The average molecular weight is 351 g/mol. The Balaban J connectivity index is 1.94. The summed E-state index contributed by atoms with van der Waals surface area (Å²) in [5.41, 5.74) is 0. The Hall–Kier alpha value is -1.41. The van der Waals surface area contributed by atoms with E-state index >= 15 is 0 Å². The molecule has 0 amide bonds. The Bertz CT molecular complexity index is 501. The highest BCUT2D eigenvalue weighted by Crippen LogP contribution is 2.20. The van der Waals surface area contributed by atoms with Crippen molar-refractivity contribution in [2.45, 2.75) is 19.4 Å². The molecule has 9 heteroatoms. The number of hydrogen-bond acceptors (Lipinski definition) is 6. The van der Waals surface area contributed by atoms with Crippen LogP contribution in [0.3, 0.4) is 0 Å². The standard InChI is InChI=1S/C14H21ClF2N4O2/c1-2-23-11(22)3-4-20-5-6-21(8-10(20)7-16)14-12(17)13(15)18-9-19-14/h10,18H,2-9H2,1H3. The number of nitrogens with zero attached hydrogens (tertiary/aromatic N) is 3. The molecule has 0 aromatic rings. The number of carbonyl (C=O) groups excluding carboxylic acids is 1. The second kappa shape index (κ2) is 8.44. The van der Waals surface area contributed by atoms with Gasteiger partial charge < -0.3 is 15.0 Å². The molecule has 0 spiro atoms. The molecule has 0 aromatic heterocycles. The molecule has 2 rings (SSSR count). The van der Waals surface area contributed by atoms with Crippen LogP contribution in [0.4, 0.5) is 8.78 Å². The number of ether oxygens (including phenoxy) is 1. The van der Waals surface area contributed by atoms with Crippen LogP contribution in [0.1, 0.15) is 13.3 Å². The second-order valence-electron chi connectivity index (χ2n) is 5.29. The maximum absolute atomic E-state index is 14.0. The summed E-state index contributed by atoms with van der Waals surface area (Å²) >= 11 is 5.74. The van der Waals surface area contributed by atoms with Gasteiger partial charge in [0.2, 0.25) is 0 Å². The molecule has 0 saturated carbocycles. The molecule has 2 aliphatic heterocycles. The molecule has 130 valence electrons. The van der Waals surface area contributed by atoms with E-state index in [0.29, 0.717) is 32.8 Å². The van der Waals surface area contributed by atoms with Gasteiger partial charge in [-0.1, -0.05) is 11.6 Å². The van der Waals surface area contributed by atoms with E-state index in [1.54, 1.807) is 11.8 Å². The van der Waals surface area contributed by atoms with Gasteiger partial charge in [0.25, 0.3) is 0 Å². The van der Waals surface area contributed by atoms with E-state index in [1.807, 2.05) is 4.90 Å².